The maximum Gasteiger partial charge on any atom is 0.122 e. The number of para-hydroxylation sites is 1. The Kier molecular flexibility index (Phi) is 7.23. The minimum absolute atomic E-state index is 0.286. The van der Waals surface area contributed by atoms with Crippen LogP contribution >= 0.6 is 0 Å². The zero-order chi connectivity index (χ0) is 25.6. The molecule has 0 radical (unpaired) electrons. The van der Waals surface area contributed by atoms with Gasteiger partial charge in [0.1, 0.15) is 17.2 Å². The van der Waals surface area contributed by atoms with Crippen molar-refractivity contribution >= 4 is 0 Å². The van der Waals surface area contributed by atoms with E-state index in [0.717, 1.165) is 46.2 Å². The number of benzene rings is 5. The van der Waals surface area contributed by atoms with Gasteiger partial charge in [-0.15, -0.1) is 0 Å². The molecule has 5 aromatic carbocycles. The fraction of sp³-hybridized carbons (Fsp3) is 0.118. The lowest BCUT2D eigenvalue weighted by atomic mass is 9.96. The van der Waals surface area contributed by atoms with E-state index in [1.54, 1.807) is 24.3 Å². The molecular weight excluding hydrogens is 456 g/mol. The van der Waals surface area contributed by atoms with Gasteiger partial charge < -0.3 is 15.3 Å². The Morgan fingerprint density at radius 3 is 1.08 bits per heavy atom. The van der Waals surface area contributed by atoms with Crippen LogP contribution in [-0.4, -0.2) is 15.3 Å². The summed E-state index contributed by atoms with van der Waals surface area (Å²) in [6, 6.07) is 37.5. The summed E-state index contributed by atoms with van der Waals surface area (Å²) in [5, 5.41) is 30.4. The van der Waals surface area contributed by atoms with E-state index >= 15 is 0 Å². The van der Waals surface area contributed by atoms with Gasteiger partial charge in [-0.05, 0) is 81.6 Å². The van der Waals surface area contributed by atoms with Crippen molar-refractivity contribution in [3.8, 4) is 17.2 Å². The van der Waals surface area contributed by atoms with Crippen LogP contribution in [-0.2, 0) is 25.7 Å². The first-order valence-corrected chi connectivity index (χ1v) is 12.5. The summed E-state index contributed by atoms with van der Waals surface area (Å²) >= 11 is 0. The molecule has 0 aliphatic heterocycles. The normalized spacial score (nSPS) is 10.9. The Balaban J connectivity index is 1.23. The lowest BCUT2D eigenvalue weighted by Crippen LogP contribution is -1.96. The van der Waals surface area contributed by atoms with Crippen LogP contribution in [0.4, 0.5) is 0 Å². The van der Waals surface area contributed by atoms with Crippen molar-refractivity contribution in [2.45, 2.75) is 25.7 Å². The van der Waals surface area contributed by atoms with E-state index in [9.17, 15) is 15.3 Å². The van der Waals surface area contributed by atoms with Crippen LogP contribution in [0, 0.1) is 0 Å². The van der Waals surface area contributed by atoms with E-state index < -0.39 is 0 Å². The summed E-state index contributed by atoms with van der Waals surface area (Å²) in [6.45, 7) is 0. The molecule has 0 heterocycles. The molecule has 5 aromatic rings. The molecule has 0 saturated heterocycles. The number of rotatable bonds is 8. The summed E-state index contributed by atoms with van der Waals surface area (Å²) in [4.78, 5) is 0. The van der Waals surface area contributed by atoms with Gasteiger partial charge in [-0.2, -0.15) is 0 Å². The Hall–Kier alpha value is -4.50. The van der Waals surface area contributed by atoms with Crippen LogP contribution in [0.25, 0.3) is 0 Å². The molecule has 0 saturated carbocycles. The third kappa shape index (κ3) is 6.39. The van der Waals surface area contributed by atoms with Gasteiger partial charge in [0, 0.05) is 12.8 Å². The molecule has 3 heteroatoms. The minimum atomic E-state index is 0.286. The molecule has 0 aliphatic rings. The van der Waals surface area contributed by atoms with Crippen LogP contribution < -0.4 is 0 Å². The van der Waals surface area contributed by atoms with Crippen molar-refractivity contribution in [3.63, 3.8) is 0 Å². The molecule has 3 N–H and O–H groups in total. The lowest BCUT2D eigenvalue weighted by molar-refractivity contribution is 0.463. The van der Waals surface area contributed by atoms with E-state index in [0.29, 0.717) is 18.6 Å². The van der Waals surface area contributed by atoms with Gasteiger partial charge >= 0.3 is 0 Å². The molecule has 5 rings (SSSR count). The molecule has 0 atom stereocenters. The van der Waals surface area contributed by atoms with Crippen LogP contribution in [0.3, 0.4) is 0 Å². The van der Waals surface area contributed by atoms with Gasteiger partial charge in [-0.1, -0.05) is 91.0 Å². The second-order valence-corrected chi connectivity index (χ2v) is 9.60. The van der Waals surface area contributed by atoms with Gasteiger partial charge in [0.05, 0.1) is 0 Å². The second-order valence-electron chi connectivity index (χ2n) is 9.60. The molecule has 0 amide bonds. The molecule has 184 valence electrons. The number of aromatic hydroxyl groups is 3. The maximum atomic E-state index is 11.0. The Morgan fingerprint density at radius 1 is 0.351 bits per heavy atom. The molecule has 37 heavy (non-hydrogen) atoms. The highest BCUT2D eigenvalue weighted by molar-refractivity contribution is 5.46. The summed E-state index contributed by atoms with van der Waals surface area (Å²) in [6.07, 6.45) is 2.86. The first-order valence-electron chi connectivity index (χ1n) is 12.5. The van der Waals surface area contributed by atoms with E-state index in [1.165, 1.54) is 11.1 Å². The van der Waals surface area contributed by atoms with Crippen molar-refractivity contribution in [2.24, 2.45) is 0 Å². The molecule has 0 aromatic heterocycles. The standard InChI is InChI=1S/C34H30O3/c35-32-8-1-4-28(22-32)18-24-10-14-26(15-11-24)20-30-6-3-7-31(34(30)37)21-27-16-12-25(13-17-27)19-29-5-2-9-33(36)23-29/h1-17,22-23,35-37H,18-21H2. The van der Waals surface area contributed by atoms with Crippen molar-refractivity contribution in [1.29, 1.82) is 0 Å². The van der Waals surface area contributed by atoms with Gasteiger partial charge in [-0.3, -0.25) is 0 Å². The van der Waals surface area contributed by atoms with Gasteiger partial charge in [0.15, 0.2) is 0 Å². The molecule has 0 fully saturated rings. The average Bonchev–Trinajstić information content (AvgIpc) is 2.89. The predicted molar refractivity (Wildman–Crippen MR) is 148 cm³/mol. The maximum absolute atomic E-state index is 11.0. The summed E-state index contributed by atoms with van der Waals surface area (Å²) in [7, 11) is 0. The van der Waals surface area contributed by atoms with Crippen LogP contribution in [0.1, 0.15) is 44.5 Å². The first-order chi connectivity index (χ1) is 18.0. The quantitative estimate of drug-likeness (QED) is 0.218. The molecule has 0 aliphatic carbocycles. The third-order valence-electron chi connectivity index (χ3n) is 6.68. The van der Waals surface area contributed by atoms with Crippen molar-refractivity contribution < 1.29 is 15.3 Å². The predicted octanol–water partition coefficient (Wildman–Crippen LogP) is 7.17. The first kappa shape index (κ1) is 24.2. The molecular formula is C34H30O3. The largest absolute Gasteiger partial charge is 0.508 e. The van der Waals surface area contributed by atoms with Crippen molar-refractivity contribution in [1.82, 2.24) is 0 Å². The lowest BCUT2D eigenvalue weighted by Gasteiger charge is -2.11. The summed E-state index contributed by atoms with van der Waals surface area (Å²) in [5.41, 5.74) is 8.62. The number of phenols is 3. The summed E-state index contributed by atoms with van der Waals surface area (Å²) in [5.74, 6) is 0.928. The minimum Gasteiger partial charge on any atom is -0.508 e. The SMILES string of the molecule is Oc1cccc(Cc2ccc(Cc3cccc(Cc4ccc(Cc5cccc(O)c5)cc4)c3O)cc2)c1. The third-order valence-corrected chi connectivity index (χ3v) is 6.68. The summed E-state index contributed by atoms with van der Waals surface area (Å²) < 4.78 is 0. The van der Waals surface area contributed by atoms with Crippen LogP contribution in [0.15, 0.2) is 115 Å². The average molecular weight is 487 g/mol. The number of hydrogen-bond donors (Lipinski definition) is 3. The Labute approximate surface area is 218 Å². The number of hydrogen-bond acceptors (Lipinski definition) is 3. The van der Waals surface area contributed by atoms with Gasteiger partial charge in [0.25, 0.3) is 0 Å². The fourth-order valence-electron chi connectivity index (χ4n) is 4.72. The highest BCUT2D eigenvalue weighted by Crippen LogP contribution is 2.28. The van der Waals surface area contributed by atoms with E-state index in [2.05, 4.69) is 48.5 Å². The highest BCUT2D eigenvalue weighted by atomic mass is 16.3. The Bertz CT molecular complexity index is 1370. The van der Waals surface area contributed by atoms with Gasteiger partial charge in [-0.25, -0.2) is 0 Å². The number of phenolic OH excluding ortho intramolecular Hbond substituents is 3. The molecule has 0 spiro atoms. The highest BCUT2D eigenvalue weighted by Gasteiger charge is 2.09. The smallest absolute Gasteiger partial charge is 0.122 e. The van der Waals surface area contributed by atoms with E-state index in [4.69, 9.17) is 0 Å². The monoisotopic (exact) mass is 486 g/mol. The van der Waals surface area contributed by atoms with E-state index in [-0.39, 0.29) is 11.5 Å². The Morgan fingerprint density at radius 2 is 0.703 bits per heavy atom. The van der Waals surface area contributed by atoms with Crippen LogP contribution in [0.5, 0.6) is 17.2 Å². The van der Waals surface area contributed by atoms with Crippen molar-refractivity contribution in [2.75, 3.05) is 0 Å². The van der Waals surface area contributed by atoms with E-state index in [1.807, 2.05) is 42.5 Å². The molecule has 0 unspecified atom stereocenters. The zero-order valence-electron chi connectivity index (χ0n) is 20.6. The fourth-order valence-corrected chi connectivity index (χ4v) is 4.72. The van der Waals surface area contributed by atoms with Crippen LogP contribution in [0.2, 0.25) is 0 Å². The molecule has 3 nitrogen and oxygen atoms in total. The zero-order valence-corrected chi connectivity index (χ0v) is 20.6. The topological polar surface area (TPSA) is 60.7 Å². The second kappa shape index (κ2) is 11.0. The van der Waals surface area contributed by atoms with Gasteiger partial charge in [0.2, 0.25) is 0 Å². The van der Waals surface area contributed by atoms with Crippen molar-refractivity contribution in [3.05, 3.63) is 160 Å². The molecule has 0 bridgehead atoms.